The van der Waals surface area contributed by atoms with Gasteiger partial charge in [-0.05, 0) is 31.0 Å². The molecule has 0 spiro atoms. The second kappa shape index (κ2) is 5.61. The van der Waals surface area contributed by atoms with Crippen LogP contribution in [0.3, 0.4) is 0 Å². The van der Waals surface area contributed by atoms with E-state index in [4.69, 9.17) is 5.73 Å². The predicted molar refractivity (Wildman–Crippen MR) is 61.2 cm³/mol. The van der Waals surface area contributed by atoms with E-state index in [9.17, 15) is 9.18 Å². The molecule has 0 saturated carbocycles. The Bertz CT molecular complexity index is 368. The zero-order valence-corrected chi connectivity index (χ0v) is 9.53. The Kier molecular flexibility index (Phi) is 4.43. The Morgan fingerprint density at radius 2 is 2.25 bits per heavy atom. The first-order valence-corrected chi connectivity index (χ1v) is 5.36. The Morgan fingerprint density at radius 3 is 2.81 bits per heavy atom. The van der Waals surface area contributed by atoms with Gasteiger partial charge in [-0.25, -0.2) is 4.39 Å². The molecule has 0 aliphatic rings. The van der Waals surface area contributed by atoms with Crippen LogP contribution in [0, 0.1) is 5.82 Å². The molecule has 0 heterocycles. The average molecular weight is 224 g/mol. The maximum absolute atomic E-state index is 13.0. The van der Waals surface area contributed by atoms with Gasteiger partial charge in [0.15, 0.2) is 0 Å². The Hall–Kier alpha value is -1.42. The molecule has 0 unspecified atom stereocenters. The summed E-state index contributed by atoms with van der Waals surface area (Å²) in [6.45, 7) is 3.64. The SMILES string of the molecule is CC[C@@H](N)C(=O)N[C@@H](C)c1cccc(F)c1. The second-order valence-electron chi connectivity index (χ2n) is 3.80. The van der Waals surface area contributed by atoms with Crippen molar-refractivity contribution >= 4 is 5.91 Å². The molecule has 0 bridgehead atoms. The van der Waals surface area contributed by atoms with Crippen LogP contribution >= 0.6 is 0 Å². The van der Waals surface area contributed by atoms with Gasteiger partial charge in [-0.1, -0.05) is 19.1 Å². The maximum Gasteiger partial charge on any atom is 0.237 e. The molecule has 16 heavy (non-hydrogen) atoms. The first-order chi connectivity index (χ1) is 7.54. The van der Waals surface area contributed by atoms with Gasteiger partial charge in [-0.15, -0.1) is 0 Å². The number of hydrogen-bond acceptors (Lipinski definition) is 2. The normalized spacial score (nSPS) is 14.2. The third kappa shape index (κ3) is 3.31. The van der Waals surface area contributed by atoms with Crippen LogP contribution in [0.5, 0.6) is 0 Å². The number of rotatable bonds is 4. The van der Waals surface area contributed by atoms with E-state index >= 15 is 0 Å². The van der Waals surface area contributed by atoms with Crippen molar-refractivity contribution in [1.29, 1.82) is 0 Å². The minimum absolute atomic E-state index is 0.209. The molecule has 3 N–H and O–H groups in total. The topological polar surface area (TPSA) is 55.1 Å². The lowest BCUT2D eigenvalue weighted by atomic mass is 10.1. The molecule has 0 aromatic heterocycles. The van der Waals surface area contributed by atoms with Gasteiger partial charge in [0.2, 0.25) is 5.91 Å². The number of hydrogen-bond donors (Lipinski definition) is 2. The highest BCUT2D eigenvalue weighted by molar-refractivity contribution is 5.81. The van der Waals surface area contributed by atoms with Gasteiger partial charge in [-0.2, -0.15) is 0 Å². The highest BCUT2D eigenvalue weighted by atomic mass is 19.1. The van der Waals surface area contributed by atoms with Gasteiger partial charge in [0, 0.05) is 0 Å². The van der Waals surface area contributed by atoms with Crippen LogP contribution in [0.1, 0.15) is 31.9 Å². The molecule has 0 aliphatic heterocycles. The maximum atomic E-state index is 13.0. The number of nitrogens with one attached hydrogen (secondary N) is 1. The van der Waals surface area contributed by atoms with Crippen LogP contribution in [0.15, 0.2) is 24.3 Å². The van der Waals surface area contributed by atoms with E-state index in [0.717, 1.165) is 5.56 Å². The number of nitrogens with two attached hydrogens (primary N) is 1. The Labute approximate surface area is 94.8 Å². The molecule has 1 aromatic rings. The van der Waals surface area contributed by atoms with Crippen LogP contribution in [0.25, 0.3) is 0 Å². The number of carbonyl (C=O) groups is 1. The predicted octanol–water partition coefficient (Wildman–Crippen LogP) is 1.74. The molecule has 4 heteroatoms. The summed E-state index contributed by atoms with van der Waals surface area (Å²) in [4.78, 5) is 11.5. The van der Waals surface area contributed by atoms with Crippen molar-refractivity contribution in [2.75, 3.05) is 0 Å². The van der Waals surface area contributed by atoms with Crippen molar-refractivity contribution in [2.24, 2.45) is 5.73 Å². The van der Waals surface area contributed by atoms with E-state index in [1.165, 1.54) is 12.1 Å². The van der Waals surface area contributed by atoms with Gasteiger partial charge < -0.3 is 11.1 Å². The van der Waals surface area contributed by atoms with Crippen molar-refractivity contribution in [1.82, 2.24) is 5.32 Å². The molecule has 3 nitrogen and oxygen atoms in total. The highest BCUT2D eigenvalue weighted by Gasteiger charge is 2.14. The summed E-state index contributed by atoms with van der Waals surface area (Å²) in [5, 5.41) is 2.74. The Balaban J connectivity index is 2.65. The molecule has 88 valence electrons. The molecule has 1 rings (SSSR count). The molecular formula is C12H17FN2O. The van der Waals surface area contributed by atoms with Crippen molar-refractivity contribution in [3.63, 3.8) is 0 Å². The second-order valence-corrected chi connectivity index (χ2v) is 3.80. The summed E-state index contributed by atoms with van der Waals surface area (Å²) >= 11 is 0. The molecule has 1 aromatic carbocycles. The van der Waals surface area contributed by atoms with Crippen LogP contribution in [-0.2, 0) is 4.79 Å². The average Bonchev–Trinajstić information content (AvgIpc) is 2.27. The summed E-state index contributed by atoms with van der Waals surface area (Å²) in [7, 11) is 0. The minimum atomic E-state index is -0.504. The van der Waals surface area contributed by atoms with Crippen LogP contribution in [0.2, 0.25) is 0 Å². The smallest absolute Gasteiger partial charge is 0.237 e. The minimum Gasteiger partial charge on any atom is -0.348 e. The quantitative estimate of drug-likeness (QED) is 0.818. The van der Waals surface area contributed by atoms with Crippen molar-refractivity contribution in [2.45, 2.75) is 32.4 Å². The standard InChI is InChI=1S/C12H17FN2O/c1-3-11(14)12(16)15-8(2)9-5-4-6-10(13)7-9/h4-8,11H,3,14H2,1-2H3,(H,15,16)/t8-,11+/m0/s1. The summed E-state index contributed by atoms with van der Waals surface area (Å²) in [6, 6.07) is 5.42. The van der Waals surface area contributed by atoms with E-state index < -0.39 is 6.04 Å². The van der Waals surface area contributed by atoms with Crippen molar-refractivity contribution in [3.05, 3.63) is 35.6 Å². The summed E-state index contributed by atoms with van der Waals surface area (Å²) in [6.07, 6.45) is 0.585. The molecular weight excluding hydrogens is 207 g/mol. The molecule has 0 saturated heterocycles. The van der Waals surface area contributed by atoms with Gasteiger partial charge in [0.05, 0.1) is 12.1 Å². The van der Waals surface area contributed by atoms with E-state index in [2.05, 4.69) is 5.32 Å². The lowest BCUT2D eigenvalue weighted by Crippen LogP contribution is -2.41. The lowest BCUT2D eigenvalue weighted by molar-refractivity contribution is -0.123. The first-order valence-electron chi connectivity index (χ1n) is 5.36. The monoisotopic (exact) mass is 224 g/mol. The largest absolute Gasteiger partial charge is 0.348 e. The zero-order valence-electron chi connectivity index (χ0n) is 9.53. The van der Waals surface area contributed by atoms with E-state index in [1.54, 1.807) is 19.1 Å². The third-order valence-electron chi connectivity index (χ3n) is 2.48. The number of carbonyl (C=O) groups excluding carboxylic acids is 1. The van der Waals surface area contributed by atoms with Crippen molar-refractivity contribution < 1.29 is 9.18 Å². The van der Waals surface area contributed by atoms with Crippen LogP contribution in [0.4, 0.5) is 4.39 Å². The number of amides is 1. The lowest BCUT2D eigenvalue weighted by Gasteiger charge is -2.17. The van der Waals surface area contributed by atoms with E-state index in [0.29, 0.717) is 6.42 Å². The Morgan fingerprint density at radius 1 is 1.56 bits per heavy atom. The first kappa shape index (κ1) is 12.6. The molecule has 1 amide bonds. The summed E-state index contributed by atoms with van der Waals surface area (Å²) in [5.74, 6) is -0.516. The fourth-order valence-electron chi connectivity index (χ4n) is 1.37. The summed E-state index contributed by atoms with van der Waals surface area (Å²) < 4.78 is 13.0. The highest BCUT2D eigenvalue weighted by Crippen LogP contribution is 2.13. The fourth-order valence-corrected chi connectivity index (χ4v) is 1.37. The van der Waals surface area contributed by atoms with Gasteiger partial charge in [0.1, 0.15) is 5.82 Å². The fraction of sp³-hybridized carbons (Fsp3) is 0.417. The molecule has 2 atom stereocenters. The molecule has 0 fully saturated rings. The van der Waals surface area contributed by atoms with Crippen LogP contribution < -0.4 is 11.1 Å². The zero-order chi connectivity index (χ0) is 12.1. The van der Waals surface area contributed by atoms with Gasteiger partial charge in [-0.3, -0.25) is 4.79 Å². The van der Waals surface area contributed by atoms with E-state index in [1.807, 2.05) is 6.92 Å². The van der Waals surface area contributed by atoms with Crippen molar-refractivity contribution in [3.8, 4) is 0 Å². The van der Waals surface area contributed by atoms with Crippen LogP contribution in [-0.4, -0.2) is 11.9 Å². The third-order valence-corrected chi connectivity index (χ3v) is 2.48. The number of benzene rings is 1. The van der Waals surface area contributed by atoms with Gasteiger partial charge in [0.25, 0.3) is 0 Å². The summed E-state index contributed by atoms with van der Waals surface area (Å²) in [5.41, 5.74) is 6.32. The molecule has 0 radical (unpaired) electrons. The van der Waals surface area contributed by atoms with E-state index in [-0.39, 0.29) is 17.8 Å². The molecule has 0 aliphatic carbocycles. The number of halogens is 1. The van der Waals surface area contributed by atoms with Gasteiger partial charge >= 0.3 is 0 Å².